The number of H-pyrrole nitrogens is 1. The van der Waals surface area contributed by atoms with Gasteiger partial charge in [0.05, 0.1) is 17.6 Å². The van der Waals surface area contributed by atoms with Gasteiger partial charge in [-0.05, 0) is 18.2 Å². The molecule has 1 aromatic heterocycles. The van der Waals surface area contributed by atoms with Crippen molar-refractivity contribution in [1.82, 2.24) is 9.55 Å². The average molecular weight is 226 g/mol. The van der Waals surface area contributed by atoms with E-state index in [4.69, 9.17) is 17.3 Å². The van der Waals surface area contributed by atoms with E-state index < -0.39 is 11.2 Å². The Hall–Kier alpha value is -1.59. The predicted octanol–water partition coefficient (Wildman–Crippen LogP) is 0.259. The van der Waals surface area contributed by atoms with Crippen LogP contribution in [0.4, 0.5) is 0 Å². The summed E-state index contributed by atoms with van der Waals surface area (Å²) in [7, 11) is 0. The fraction of sp³-hybridized carbons (Fsp3) is 0.111. The molecule has 2 rings (SSSR count). The highest BCUT2D eigenvalue weighted by Gasteiger charge is 2.05. The summed E-state index contributed by atoms with van der Waals surface area (Å²) < 4.78 is 0.915. The Bertz CT molecular complexity index is 629. The van der Waals surface area contributed by atoms with E-state index in [9.17, 15) is 9.59 Å². The summed E-state index contributed by atoms with van der Waals surface area (Å²) in [5.74, 6) is 0. The smallest absolute Gasteiger partial charge is 0.313 e. The van der Waals surface area contributed by atoms with Crippen molar-refractivity contribution in [3.05, 3.63) is 44.1 Å². The van der Waals surface area contributed by atoms with E-state index in [1.807, 2.05) is 0 Å². The largest absolute Gasteiger partial charge is 0.329 e. The van der Waals surface area contributed by atoms with Gasteiger partial charge in [0.1, 0.15) is 0 Å². The summed E-state index contributed by atoms with van der Waals surface area (Å²) in [4.78, 5) is 25.6. The fourth-order valence-electron chi connectivity index (χ4n) is 1.39. The molecule has 2 aromatic rings. The second-order valence-corrected chi connectivity index (χ2v) is 3.47. The molecule has 0 unspecified atom stereocenters. The predicted molar refractivity (Wildman–Crippen MR) is 58.0 cm³/mol. The van der Waals surface area contributed by atoms with Crippen LogP contribution in [0.25, 0.3) is 10.9 Å². The van der Waals surface area contributed by atoms with Gasteiger partial charge in [-0.25, -0.2) is 9.36 Å². The lowest BCUT2D eigenvalue weighted by molar-refractivity contribution is 0.661. The fourth-order valence-corrected chi connectivity index (χ4v) is 1.56. The number of nitrogens with two attached hydrogens (primary N) is 1. The molecule has 0 aliphatic carbocycles. The second kappa shape index (κ2) is 3.52. The number of nitrogens with zero attached hydrogens (tertiary/aromatic N) is 1. The molecule has 0 amide bonds. The van der Waals surface area contributed by atoms with E-state index in [0.29, 0.717) is 15.9 Å². The summed E-state index contributed by atoms with van der Waals surface area (Å²) in [6.45, 7) is -0.156. The number of hydrogen-bond donors (Lipinski definition) is 2. The van der Waals surface area contributed by atoms with Gasteiger partial charge in [-0.3, -0.25) is 4.79 Å². The molecule has 15 heavy (non-hydrogen) atoms. The molecule has 0 atom stereocenters. The Labute approximate surface area is 89.1 Å². The van der Waals surface area contributed by atoms with Gasteiger partial charge in [-0.15, -0.1) is 0 Å². The number of aromatic amines is 1. The number of halogens is 1. The molecule has 0 fully saturated rings. The molecule has 1 aromatic carbocycles. The third-order valence-corrected chi connectivity index (χ3v) is 2.36. The average Bonchev–Trinajstić information content (AvgIpc) is 2.20. The number of fused-ring (bicyclic) bond motifs is 1. The first-order chi connectivity index (χ1) is 7.13. The number of aromatic nitrogens is 2. The van der Waals surface area contributed by atoms with Crippen LogP contribution in [0.5, 0.6) is 0 Å². The summed E-state index contributed by atoms with van der Waals surface area (Å²) in [6.07, 6.45) is 0. The van der Waals surface area contributed by atoms with E-state index in [0.717, 1.165) is 4.57 Å². The van der Waals surface area contributed by atoms with Crippen LogP contribution >= 0.6 is 11.6 Å². The molecule has 0 saturated heterocycles. The van der Waals surface area contributed by atoms with Crippen molar-refractivity contribution in [2.75, 3.05) is 0 Å². The van der Waals surface area contributed by atoms with Crippen LogP contribution in [-0.4, -0.2) is 9.55 Å². The topological polar surface area (TPSA) is 80.9 Å². The minimum atomic E-state index is -0.516. The molecular weight excluding hydrogens is 218 g/mol. The lowest BCUT2D eigenvalue weighted by Gasteiger charge is -2.02. The van der Waals surface area contributed by atoms with E-state index in [1.54, 1.807) is 12.1 Å². The highest BCUT2D eigenvalue weighted by Crippen LogP contribution is 2.13. The maximum Gasteiger partial charge on any atom is 0.329 e. The van der Waals surface area contributed by atoms with Gasteiger partial charge in [0.25, 0.3) is 5.56 Å². The summed E-state index contributed by atoms with van der Waals surface area (Å²) >= 11 is 5.75. The van der Waals surface area contributed by atoms with Crippen LogP contribution in [-0.2, 0) is 6.67 Å². The van der Waals surface area contributed by atoms with Gasteiger partial charge in [0, 0.05) is 5.02 Å². The zero-order valence-corrected chi connectivity index (χ0v) is 8.41. The minimum absolute atomic E-state index is 0.156. The Balaban J connectivity index is 2.99. The number of nitrogens with one attached hydrogen (secondary N) is 1. The minimum Gasteiger partial charge on any atom is -0.313 e. The first kappa shape index (κ1) is 9.95. The molecule has 78 valence electrons. The van der Waals surface area contributed by atoms with E-state index in [2.05, 4.69) is 4.98 Å². The summed E-state index contributed by atoms with van der Waals surface area (Å²) in [6, 6.07) is 4.69. The molecule has 0 radical (unpaired) electrons. The third kappa shape index (κ3) is 1.55. The van der Waals surface area contributed by atoms with Crippen molar-refractivity contribution < 1.29 is 0 Å². The van der Waals surface area contributed by atoms with E-state index in [-0.39, 0.29) is 6.67 Å². The molecule has 0 aliphatic heterocycles. The lowest BCUT2D eigenvalue weighted by atomic mass is 10.2. The Kier molecular flexibility index (Phi) is 2.34. The second-order valence-electron chi connectivity index (χ2n) is 3.04. The third-order valence-electron chi connectivity index (χ3n) is 2.13. The SMILES string of the molecule is NCn1c(=O)[nH]c2ccc(Cl)cc2c1=O. The lowest BCUT2D eigenvalue weighted by Crippen LogP contribution is -2.37. The summed E-state index contributed by atoms with van der Waals surface area (Å²) in [5, 5.41) is 0.794. The molecule has 0 aliphatic rings. The Morgan fingerprint density at radius 2 is 2.13 bits per heavy atom. The quantitative estimate of drug-likeness (QED) is 0.731. The highest BCUT2D eigenvalue weighted by molar-refractivity contribution is 6.31. The first-order valence-electron chi connectivity index (χ1n) is 4.26. The zero-order chi connectivity index (χ0) is 11.0. The first-order valence-corrected chi connectivity index (χ1v) is 4.63. The molecule has 5 nitrogen and oxygen atoms in total. The van der Waals surface area contributed by atoms with Gasteiger partial charge in [0.15, 0.2) is 0 Å². The standard InChI is InChI=1S/C9H8ClN3O2/c10-5-1-2-7-6(3-5)8(14)13(4-11)9(15)12-7/h1-3H,4,11H2,(H,12,15). The number of benzene rings is 1. The van der Waals surface area contributed by atoms with Crippen molar-refractivity contribution in [3.8, 4) is 0 Å². The molecule has 1 heterocycles. The zero-order valence-electron chi connectivity index (χ0n) is 7.66. The monoisotopic (exact) mass is 225 g/mol. The van der Waals surface area contributed by atoms with Crippen LogP contribution in [0.15, 0.2) is 27.8 Å². The van der Waals surface area contributed by atoms with Crippen LogP contribution in [0.3, 0.4) is 0 Å². The molecular formula is C9H8ClN3O2. The Morgan fingerprint density at radius 1 is 1.40 bits per heavy atom. The van der Waals surface area contributed by atoms with Crippen molar-refractivity contribution in [2.24, 2.45) is 5.73 Å². The molecule has 0 saturated carbocycles. The molecule has 6 heteroatoms. The maximum absolute atomic E-state index is 11.7. The van der Waals surface area contributed by atoms with Crippen LogP contribution < -0.4 is 17.0 Å². The highest BCUT2D eigenvalue weighted by atomic mass is 35.5. The molecule has 3 N–H and O–H groups in total. The van der Waals surface area contributed by atoms with Gasteiger partial charge in [0.2, 0.25) is 0 Å². The number of hydrogen-bond acceptors (Lipinski definition) is 3. The van der Waals surface area contributed by atoms with E-state index in [1.165, 1.54) is 6.07 Å². The van der Waals surface area contributed by atoms with Crippen molar-refractivity contribution >= 4 is 22.5 Å². The van der Waals surface area contributed by atoms with Crippen molar-refractivity contribution in [3.63, 3.8) is 0 Å². The van der Waals surface area contributed by atoms with Crippen LogP contribution in [0.2, 0.25) is 5.02 Å². The van der Waals surface area contributed by atoms with Crippen molar-refractivity contribution in [2.45, 2.75) is 6.67 Å². The van der Waals surface area contributed by atoms with Gasteiger partial charge in [-0.2, -0.15) is 0 Å². The van der Waals surface area contributed by atoms with Crippen LogP contribution in [0.1, 0.15) is 0 Å². The number of rotatable bonds is 1. The van der Waals surface area contributed by atoms with Crippen LogP contribution in [0, 0.1) is 0 Å². The van der Waals surface area contributed by atoms with Gasteiger partial charge >= 0.3 is 5.69 Å². The maximum atomic E-state index is 11.7. The van der Waals surface area contributed by atoms with Gasteiger partial charge < -0.3 is 10.7 Å². The summed E-state index contributed by atoms with van der Waals surface area (Å²) in [5.41, 5.74) is 4.80. The van der Waals surface area contributed by atoms with Crippen molar-refractivity contribution in [1.29, 1.82) is 0 Å². The molecule has 0 bridgehead atoms. The van der Waals surface area contributed by atoms with Gasteiger partial charge in [-0.1, -0.05) is 11.6 Å². The van der Waals surface area contributed by atoms with E-state index >= 15 is 0 Å². The normalized spacial score (nSPS) is 10.8. The Morgan fingerprint density at radius 3 is 2.80 bits per heavy atom. The molecule has 0 spiro atoms.